The number of halogens is 1. The summed E-state index contributed by atoms with van der Waals surface area (Å²) in [7, 11) is 0. The number of rotatable bonds is 3. The minimum absolute atomic E-state index is 0.391. The third-order valence-electron chi connectivity index (χ3n) is 2.02. The van der Waals surface area contributed by atoms with Crippen LogP contribution < -0.4 is 5.32 Å². The second-order valence-electron chi connectivity index (χ2n) is 4.86. The Hall–Kier alpha value is -1.30. The van der Waals surface area contributed by atoms with Gasteiger partial charge in [0.25, 0.3) is 0 Å². The Morgan fingerprint density at radius 2 is 2.17 bits per heavy atom. The van der Waals surface area contributed by atoms with E-state index < -0.39 is 17.7 Å². The second-order valence-corrected chi connectivity index (χ2v) is 5.64. The summed E-state index contributed by atoms with van der Waals surface area (Å²) >= 11 is 3.17. The van der Waals surface area contributed by atoms with Gasteiger partial charge >= 0.3 is 6.09 Å². The van der Waals surface area contributed by atoms with Gasteiger partial charge in [-0.25, -0.2) is 4.79 Å². The molecule has 1 rings (SSSR count). The molecule has 0 spiro atoms. The molecular formula is C12H16BrNO4. The van der Waals surface area contributed by atoms with E-state index in [-0.39, 0.29) is 0 Å². The SMILES string of the molecule is Cc1cc(Br)oc1C(C=O)NC(=O)OC(C)(C)C. The van der Waals surface area contributed by atoms with Crippen molar-refractivity contribution in [3.8, 4) is 0 Å². The Kier molecular flexibility index (Phi) is 4.56. The minimum Gasteiger partial charge on any atom is -0.451 e. The van der Waals surface area contributed by atoms with Crippen LogP contribution in [0.15, 0.2) is 15.2 Å². The summed E-state index contributed by atoms with van der Waals surface area (Å²) in [5, 5.41) is 2.45. The number of hydrogen-bond donors (Lipinski definition) is 1. The fraction of sp³-hybridized carbons (Fsp3) is 0.500. The van der Waals surface area contributed by atoms with Crippen LogP contribution in [0.5, 0.6) is 0 Å². The summed E-state index contributed by atoms with van der Waals surface area (Å²) < 4.78 is 10.9. The van der Waals surface area contributed by atoms with Crippen LogP contribution in [0.3, 0.4) is 0 Å². The molecule has 1 aromatic heterocycles. The highest BCUT2D eigenvalue weighted by Crippen LogP contribution is 2.24. The van der Waals surface area contributed by atoms with Crippen molar-refractivity contribution in [1.29, 1.82) is 0 Å². The summed E-state index contributed by atoms with van der Waals surface area (Å²) in [6, 6.07) is 0.869. The first-order valence-electron chi connectivity index (χ1n) is 5.43. The first kappa shape index (κ1) is 14.8. The summed E-state index contributed by atoms with van der Waals surface area (Å²) in [6.07, 6.45) is -0.0612. The zero-order chi connectivity index (χ0) is 13.9. The number of carbonyl (C=O) groups excluding carboxylic acids is 2. The van der Waals surface area contributed by atoms with Crippen LogP contribution in [0.4, 0.5) is 4.79 Å². The Balaban J connectivity index is 2.77. The van der Waals surface area contributed by atoms with Crippen LogP contribution in [-0.4, -0.2) is 18.0 Å². The van der Waals surface area contributed by atoms with E-state index in [1.54, 1.807) is 33.8 Å². The van der Waals surface area contributed by atoms with E-state index in [1.807, 2.05) is 0 Å². The van der Waals surface area contributed by atoms with Crippen molar-refractivity contribution in [2.75, 3.05) is 0 Å². The third-order valence-corrected chi connectivity index (χ3v) is 2.41. The number of carbonyl (C=O) groups is 2. The molecule has 6 heteroatoms. The highest BCUT2D eigenvalue weighted by Gasteiger charge is 2.23. The standard InChI is InChI=1S/C12H16BrNO4/c1-7-5-9(13)17-10(7)8(6-15)14-11(16)18-12(2,3)4/h5-6,8H,1-4H3,(H,14,16). The first-order chi connectivity index (χ1) is 8.23. The fourth-order valence-corrected chi connectivity index (χ4v) is 1.88. The molecule has 1 N–H and O–H groups in total. The molecule has 0 saturated heterocycles. The van der Waals surface area contributed by atoms with Gasteiger partial charge in [0.15, 0.2) is 4.67 Å². The average Bonchev–Trinajstić information content (AvgIpc) is 2.51. The number of aldehydes is 1. The number of nitrogens with one attached hydrogen (secondary N) is 1. The van der Waals surface area contributed by atoms with Crippen molar-refractivity contribution < 1.29 is 18.7 Å². The number of aryl methyl sites for hydroxylation is 1. The molecule has 0 fully saturated rings. The van der Waals surface area contributed by atoms with Crippen molar-refractivity contribution in [1.82, 2.24) is 5.32 Å². The van der Waals surface area contributed by atoms with Crippen LogP contribution in [-0.2, 0) is 9.53 Å². The predicted molar refractivity (Wildman–Crippen MR) is 69.3 cm³/mol. The van der Waals surface area contributed by atoms with Crippen LogP contribution in [0.2, 0.25) is 0 Å². The topological polar surface area (TPSA) is 68.5 Å². The van der Waals surface area contributed by atoms with Gasteiger partial charge in [-0.15, -0.1) is 0 Å². The molecular weight excluding hydrogens is 302 g/mol. The zero-order valence-corrected chi connectivity index (χ0v) is 12.3. The van der Waals surface area contributed by atoms with E-state index in [0.717, 1.165) is 5.56 Å². The van der Waals surface area contributed by atoms with Gasteiger partial charge in [0.2, 0.25) is 0 Å². The van der Waals surface area contributed by atoms with Gasteiger partial charge in [-0.05, 0) is 55.3 Å². The maximum atomic E-state index is 11.6. The van der Waals surface area contributed by atoms with Gasteiger partial charge in [0.05, 0.1) is 0 Å². The van der Waals surface area contributed by atoms with Crippen LogP contribution in [0.1, 0.15) is 38.1 Å². The zero-order valence-electron chi connectivity index (χ0n) is 10.7. The minimum atomic E-state index is -0.855. The molecule has 1 aromatic rings. The van der Waals surface area contributed by atoms with Crippen molar-refractivity contribution in [2.45, 2.75) is 39.3 Å². The number of amides is 1. The molecule has 0 radical (unpaired) electrons. The lowest BCUT2D eigenvalue weighted by Gasteiger charge is -2.21. The van der Waals surface area contributed by atoms with Gasteiger partial charge in [-0.2, -0.15) is 0 Å². The molecule has 100 valence electrons. The molecule has 1 atom stereocenters. The van der Waals surface area contributed by atoms with E-state index in [9.17, 15) is 9.59 Å². The van der Waals surface area contributed by atoms with Crippen molar-refractivity contribution in [3.63, 3.8) is 0 Å². The summed E-state index contributed by atoms with van der Waals surface area (Å²) in [5.74, 6) is 0.391. The lowest BCUT2D eigenvalue weighted by atomic mass is 10.2. The van der Waals surface area contributed by atoms with Crippen LogP contribution in [0.25, 0.3) is 0 Å². The molecule has 0 aliphatic rings. The second kappa shape index (κ2) is 5.56. The van der Waals surface area contributed by atoms with Gasteiger partial charge in [0.1, 0.15) is 23.7 Å². The van der Waals surface area contributed by atoms with Gasteiger partial charge in [-0.1, -0.05) is 0 Å². The fourth-order valence-electron chi connectivity index (χ4n) is 1.36. The lowest BCUT2D eigenvalue weighted by Crippen LogP contribution is -2.35. The predicted octanol–water partition coefficient (Wildman–Crippen LogP) is 3.12. The Bertz CT molecular complexity index is 447. The van der Waals surface area contributed by atoms with E-state index in [4.69, 9.17) is 9.15 Å². The number of ether oxygens (including phenoxy) is 1. The lowest BCUT2D eigenvalue weighted by molar-refractivity contribution is -0.110. The van der Waals surface area contributed by atoms with E-state index in [1.165, 1.54) is 0 Å². The number of furan rings is 1. The molecule has 5 nitrogen and oxygen atoms in total. The van der Waals surface area contributed by atoms with Gasteiger partial charge in [0, 0.05) is 0 Å². The summed E-state index contributed by atoms with van der Waals surface area (Å²) in [5.41, 5.74) is 0.158. The molecule has 0 bridgehead atoms. The third kappa shape index (κ3) is 4.18. The number of hydrogen-bond acceptors (Lipinski definition) is 4. The van der Waals surface area contributed by atoms with Crippen molar-refractivity contribution in [2.24, 2.45) is 0 Å². The maximum absolute atomic E-state index is 11.6. The Morgan fingerprint density at radius 1 is 1.56 bits per heavy atom. The summed E-state index contributed by atoms with van der Waals surface area (Å²) in [6.45, 7) is 7.03. The molecule has 1 heterocycles. The van der Waals surface area contributed by atoms with Gasteiger partial charge in [-0.3, -0.25) is 0 Å². The smallest absolute Gasteiger partial charge is 0.408 e. The van der Waals surface area contributed by atoms with E-state index >= 15 is 0 Å². The monoisotopic (exact) mass is 317 g/mol. The molecule has 0 saturated carbocycles. The molecule has 18 heavy (non-hydrogen) atoms. The van der Waals surface area contributed by atoms with E-state index in [2.05, 4.69) is 21.2 Å². The molecule has 0 aromatic carbocycles. The van der Waals surface area contributed by atoms with Gasteiger partial charge < -0.3 is 19.3 Å². The summed E-state index contributed by atoms with van der Waals surface area (Å²) in [4.78, 5) is 22.6. The highest BCUT2D eigenvalue weighted by molar-refractivity contribution is 9.10. The van der Waals surface area contributed by atoms with E-state index in [0.29, 0.717) is 16.7 Å². The normalized spacial score (nSPS) is 12.9. The molecule has 0 aliphatic heterocycles. The molecule has 0 aliphatic carbocycles. The first-order valence-corrected chi connectivity index (χ1v) is 6.23. The number of alkyl carbamates (subject to hydrolysis) is 1. The largest absolute Gasteiger partial charge is 0.451 e. The van der Waals surface area contributed by atoms with Crippen LogP contribution >= 0.6 is 15.9 Å². The Labute approximate surface area is 114 Å². The molecule has 1 amide bonds. The molecule has 1 unspecified atom stereocenters. The maximum Gasteiger partial charge on any atom is 0.408 e. The van der Waals surface area contributed by atoms with Crippen molar-refractivity contribution in [3.05, 3.63) is 22.1 Å². The average molecular weight is 318 g/mol. The van der Waals surface area contributed by atoms with Crippen LogP contribution in [0, 0.1) is 6.92 Å². The highest BCUT2D eigenvalue weighted by atomic mass is 79.9. The quantitative estimate of drug-likeness (QED) is 0.870. The van der Waals surface area contributed by atoms with Crippen molar-refractivity contribution >= 4 is 28.3 Å². The Morgan fingerprint density at radius 3 is 2.56 bits per heavy atom.